The Morgan fingerprint density at radius 3 is 3.05 bits per heavy atom. The van der Waals surface area contributed by atoms with E-state index >= 15 is 0 Å². The topological polar surface area (TPSA) is 38.5 Å². The molecule has 1 heterocycles. The van der Waals surface area contributed by atoms with E-state index in [1.165, 1.54) is 6.07 Å². The van der Waals surface area contributed by atoms with E-state index in [-0.39, 0.29) is 18.5 Å². The van der Waals surface area contributed by atoms with E-state index in [1.54, 1.807) is 6.07 Å². The van der Waals surface area contributed by atoms with E-state index in [1.807, 2.05) is 6.07 Å². The van der Waals surface area contributed by atoms with Crippen LogP contribution in [0.15, 0.2) is 18.2 Å². The highest BCUT2D eigenvalue weighted by Crippen LogP contribution is 2.26. The molecule has 0 bridgehead atoms. The lowest BCUT2D eigenvalue weighted by atomic mass is 10.0. The van der Waals surface area contributed by atoms with Gasteiger partial charge in [-0.05, 0) is 31.4 Å². The van der Waals surface area contributed by atoms with Gasteiger partial charge < -0.3 is 15.4 Å². The minimum atomic E-state index is -0.211. The first-order valence-corrected chi connectivity index (χ1v) is 7.10. The van der Waals surface area contributed by atoms with Crippen molar-refractivity contribution in [3.8, 4) is 0 Å². The molecule has 0 aromatic heterocycles. The van der Waals surface area contributed by atoms with Crippen molar-refractivity contribution in [3.63, 3.8) is 0 Å². The molecule has 1 aliphatic rings. The molecule has 106 valence electrons. The van der Waals surface area contributed by atoms with Crippen molar-refractivity contribution in [2.24, 2.45) is 5.73 Å². The van der Waals surface area contributed by atoms with Gasteiger partial charge in [-0.1, -0.05) is 13.0 Å². The molecule has 19 heavy (non-hydrogen) atoms. The highest BCUT2D eigenvalue weighted by atomic mass is 19.1. The van der Waals surface area contributed by atoms with Crippen LogP contribution in [0.5, 0.6) is 0 Å². The Bertz CT molecular complexity index is 411. The zero-order valence-corrected chi connectivity index (χ0v) is 11.6. The number of ether oxygens (including phenoxy) is 1. The van der Waals surface area contributed by atoms with Crippen LogP contribution in [0.1, 0.15) is 31.7 Å². The number of nitrogens with zero attached hydrogens (tertiary/aromatic N) is 1. The van der Waals surface area contributed by atoms with Gasteiger partial charge in [0.1, 0.15) is 5.82 Å². The molecule has 0 amide bonds. The van der Waals surface area contributed by atoms with Crippen LogP contribution in [0.25, 0.3) is 0 Å². The third kappa shape index (κ3) is 3.45. The predicted molar refractivity (Wildman–Crippen MR) is 75.8 cm³/mol. The standard InChI is InChI=1S/C15H23FN2O/c1-2-9-19-12-5-4-8-18(11-12)15-7-3-6-14(16)13(15)10-17/h3,6-7,12H,2,4-5,8-11,17H2,1H3. The number of benzene rings is 1. The first-order chi connectivity index (χ1) is 9.26. The van der Waals surface area contributed by atoms with E-state index in [2.05, 4.69) is 11.8 Å². The summed E-state index contributed by atoms with van der Waals surface area (Å²) in [4.78, 5) is 2.20. The number of nitrogens with two attached hydrogens (primary N) is 1. The minimum Gasteiger partial charge on any atom is -0.376 e. The summed E-state index contributed by atoms with van der Waals surface area (Å²) in [7, 11) is 0. The summed E-state index contributed by atoms with van der Waals surface area (Å²) in [6.45, 7) is 4.92. The lowest BCUT2D eigenvalue weighted by Gasteiger charge is -2.35. The van der Waals surface area contributed by atoms with Crippen molar-refractivity contribution in [3.05, 3.63) is 29.6 Å². The summed E-state index contributed by atoms with van der Waals surface area (Å²) in [5.74, 6) is -0.211. The first kappa shape index (κ1) is 14.3. The number of rotatable bonds is 5. The molecule has 1 saturated heterocycles. The molecule has 1 aromatic rings. The summed E-state index contributed by atoms with van der Waals surface area (Å²) >= 11 is 0. The molecule has 4 heteroatoms. The van der Waals surface area contributed by atoms with Gasteiger partial charge in [-0.3, -0.25) is 0 Å². The van der Waals surface area contributed by atoms with Gasteiger partial charge in [-0.25, -0.2) is 4.39 Å². The molecule has 0 spiro atoms. The Balaban J connectivity index is 2.10. The lowest BCUT2D eigenvalue weighted by molar-refractivity contribution is 0.0440. The molecule has 2 rings (SSSR count). The van der Waals surface area contributed by atoms with Gasteiger partial charge in [0, 0.05) is 37.5 Å². The average Bonchev–Trinajstić information content (AvgIpc) is 2.45. The molecule has 0 radical (unpaired) electrons. The molecule has 1 unspecified atom stereocenters. The SMILES string of the molecule is CCCOC1CCCN(c2cccc(F)c2CN)C1. The fraction of sp³-hybridized carbons (Fsp3) is 0.600. The maximum Gasteiger partial charge on any atom is 0.129 e. The van der Waals surface area contributed by atoms with Crippen LogP contribution >= 0.6 is 0 Å². The van der Waals surface area contributed by atoms with Gasteiger partial charge in [0.25, 0.3) is 0 Å². The molecular weight excluding hydrogens is 243 g/mol. The van der Waals surface area contributed by atoms with Crippen LogP contribution < -0.4 is 10.6 Å². The van der Waals surface area contributed by atoms with Crippen LogP contribution in [0.4, 0.5) is 10.1 Å². The van der Waals surface area contributed by atoms with Gasteiger partial charge in [0.15, 0.2) is 0 Å². The quantitative estimate of drug-likeness (QED) is 0.890. The van der Waals surface area contributed by atoms with E-state index in [0.717, 1.165) is 44.6 Å². The van der Waals surface area contributed by atoms with Crippen LogP contribution in [0, 0.1) is 5.82 Å². The second-order valence-corrected chi connectivity index (χ2v) is 5.02. The monoisotopic (exact) mass is 266 g/mol. The summed E-state index contributed by atoms with van der Waals surface area (Å²) < 4.78 is 19.6. The van der Waals surface area contributed by atoms with Gasteiger partial charge in [0.05, 0.1) is 6.10 Å². The molecule has 0 aliphatic carbocycles. The van der Waals surface area contributed by atoms with Crippen molar-refractivity contribution < 1.29 is 9.13 Å². The van der Waals surface area contributed by atoms with Crippen LogP contribution in [-0.4, -0.2) is 25.8 Å². The third-order valence-electron chi connectivity index (χ3n) is 3.57. The summed E-state index contributed by atoms with van der Waals surface area (Å²) in [5.41, 5.74) is 7.21. The maximum absolute atomic E-state index is 13.8. The smallest absolute Gasteiger partial charge is 0.129 e. The Kier molecular flexibility index (Phi) is 5.16. The molecule has 0 saturated carbocycles. The summed E-state index contributed by atoms with van der Waals surface area (Å²) in [6, 6.07) is 5.18. The molecule has 3 nitrogen and oxygen atoms in total. The van der Waals surface area contributed by atoms with E-state index in [9.17, 15) is 4.39 Å². The van der Waals surface area contributed by atoms with Gasteiger partial charge in [0.2, 0.25) is 0 Å². The van der Waals surface area contributed by atoms with E-state index in [0.29, 0.717) is 5.56 Å². The number of anilines is 1. The molecule has 1 aromatic carbocycles. The van der Waals surface area contributed by atoms with Crippen LogP contribution in [0.3, 0.4) is 0 Å². The molecule has 1 atom stereocenters. The van der Waals surface area contributed by atoms with E-state index < -0.39 is 0 Å². The van der Waals surface area contributed by atoms with Crippen LogP contribution in [0.2, 0.25) is 0 Å². The van der Waals surface area contributed by atoms with Crippen molar-refractivity contribution in [2.75, 3.05) is 24.6 Å². The Labute approximate surface area is 114 Å². The number of hydrogen-bond acceptors (Lipinski definition) is 3. The van der Waals surface area contributed by atoms with Crippen molar-refractivity contribution in [1.82, 2.24) is 0 Å². The Hall–Kier alpha value is -1.13. The average molecular weight is 266 g/mol. The van der Waals surface area contributed by atoms with Crippen LogP contribution in [-0.2, 0) is 11.3 Å². The second-order valence-electron chi connectivity index (χ2n) is 5.02. The second kappa shape index (κ2) is 6.87. The van der Waals surface area contributed by atoms with Gasteiger partial charge in [-0.2, -0.15) is 0 Å². The summed E-state index contributed by atoms with van der Waals surface area (Å²) in [5, 5.41) is 0. The lowest BCUT2D eigenvalue weighted by Crippen LogP contribution is -2.40. The zero-order chi connectivity index (χ0) is 13.7. The molecule has 2 N–H and O–H groups in total. The summed E-state index contributed by atoms with van der Waals surface area (Å²) in [6.07, 6.45) is 3.45. The van der Waals surface area contributed by atoms with Crippen molar-refractivity contribution in [2.45, 2.75) is 38.8 Å². The minimum absolute atomic E-state index is 0.211. The largest absolute Gasteiger partial charge is 0.376 e. The number of piperidine rings is 1. The number of hydrogen-bond donors (Lipinski definition) is 1. The van der Waals surface area contributed by atoms with Crippen molar-refractivity contribution in [1.29, 1.82) is 0 Å². The predicted octanol–water partition coefficient (Wildman–Crippen LogP) is 2.68. The van der Waals surface area contributed by atoms with Gasteiger partial charge >= 0.3 is 0 Å². The fourth-order valence-corrected chi connectivity index (χ4v) is 2.62. The molecule has 1 aliphatic heterocycles. The van der Waals surface area contributed by atoms with Gasteiger partial charge in [-0.15, -0.1) is 0 Å². The third-order valence-corrected chi connectivity index (χ3v) is 3.57. The van der Waals surface area contributed by atoms with Crippen molar-refractivity contribution >= 4 is 5.69 Å². The highest BCUT2D eigenvalue weighted by Gasteiger charge is 2.22. The molecule has 1 fully saturated rings. The Morgan fingerprint density at radius 2 is 2.32 bits per heavy atom. The fourth-order valence-electron chi connectivity index (χ4n) is 2.62. The Morgan fingerprint density at radius 1 is 1.47 bits per heavy atom. The first-order valence-electron chi connectivity index (χ1n) is 7.10. The molecular formula is C15H23FN2O. The highest BCUT2D eigenvalue weighted by molar-refractivity contribution is 5.54. The normalized spacial score (nSPS) is 19.7. The maximum atomic E-state index is 13.8. The number of halogens is 1. The zero-order valence-electron chi connectivity index (χ0n) is 11.6. The van der Waals surface area contributed by atoms with E-state index in [4.69, 9.17) is 10.5 Å².